The maximum absolute atomic E-state index is 5.68. The second-order valence-corrected chi connectivity index (χ2v) is 5.28. The molecule has 0 aliphatic heterocycles. The highest BCUT2D eigenvalue weighted by Gasteiger charge is 2.16. The smallest absolute Gasteiger partial charge is 0.323 e. The largest absolute Gasteiger partial charge is 0.458 e. The average Bonchev–Trinajstić information content (AvgIpc) is 2.23. The Kier molecular flexibility index (Phi) is 4.69. The second kappa shape index (κ2) is 5.84. The molecule has 1 heterocycles. The van der Waals surface area contributed by atoms with Crippen molar-refractivity contribution in [2.75, 3.05) is 30.9 Å². The molecule has 0 radical (unpaired) electrons. The first-order chi connectivity index (χ1) is 8.31. The van der Waals surface area contributed by atoms with E-state index in [2.05, 4.69) is 27.2 Å². The van der Waals surface area contributed by atoms with Crippen LogP contribution in [0.25, 0.3) is 0 Å². The third-order valence-corrected chi connectivity index (χ3v) is 1.93. The Labute approximate surface area is 109 Å². The summed E-state index contributed by atoms with van der Waals surface area (Å²) in [4.78, 5) is 14.7. The van der Waals surface area contributed by atoms with Gasteiger partial charge in [0, 0.05) is 20.6 Å². The number of hydrogen-bond acceptors (Lipinski definition) is 6. The summed E-state index contributed by atoms with van der Waals surface area (Å²) in [5.74, 6) is 1.14. The molecule has 0 unspecified atom stereocenters. The Morgan fingerprint density at radius 2 is 1.83 bits per heavy atom. The minimum absolute atomic E-state index is 0.326. The fourth-order valence-corrected chi connectivity index (χ4v) is 1.18. The van der Waals surface area contributed by atoms with Gasteiger partial charge in [-0.3, -0.25) is 0 Å². The fourth-order valence-electron chi connectivity index (χ4n) is 1.18. The summed E-state index contributed by atoms with van der Waals surface area (Å²) < 4.78 is 5.68. The predicted molar refractivity (Wildman–Crippen MR) is 73.3 cm³/mol. The summed E-state index contributed by atoms with van der Waals surface area (Å²) in [6.45, 7) is 8.81. The van der Waals surface area contributed by atoms with Crippen LogP contribution in [0, 0.1) is 0 Å². The molecule has 0 bridgehead atoms. The standard InChI is InChI=1S/C12H23N5O/c1-7-8-13-9-14-10(17(5)6)16-11(15-9)18-12(2,3)4/h7-8H2,1-6H3,(H,13,14,15,16). The molecule has 1 aromatic rings. The molecular weight excluding hydrogens is 230 g/mol. The van der Waals surface area contributed by atoms with E-state index in [1.807, 2.05) is 39.8 Å². The first-order valence-corrected chi connectivity index (χ1v) is 6.18. The van der Waals surface area contributed by atoms with Crippen LogP contribution < -0.4 is 15.0 Å². The van der Waals surface area contributed by atoms with Crippen molar-refractivity contribution in [3.8, 4) is 6.01 Å². The second-order valence-electron chi connectivity index (χ2n) is 5.28. The van der Waals surface area contributed by atoms with Crippen LogP contribution in [-0.2, 0) is 0 Å². The monoisotopic (exact) mass is 253 g/mol. The SMILES string of the molecule is CCCNc1nc(OC(C)(C)C)nc(N(C)C)n1. The van der Waals surface area contributed by atoms with Crippen LogP contribution in [-0.4, -0.2) is 41.2 Å². The van der Waals surface area contributed by atoms with Crippen LogP contribution in [0.15, 0.2) is 0 Å². The van der Waals surface area contributed by atoms with Gasteiger partial charge in [0.05, 0.1) is 0 Å². The molecule has 6 nitrogen and oxygen atoms in total. The van der Waals surface area contributed by atoms with Gasteiger partial charge in [0.1, 0.15) is 5.60 Å². The van der Waals surface area contributed by atoms with Crippen LogP contribution in [0.1, 0.15) is 34.1 Å². The predicted octanol–water partition coefficient (Wildman–Crippen LogP) is 1.94. The molecule has 1 rings (SSSR count). The van der Waals surface area contributed by atoms with E-state index in [9.17, 15) is 0 Å². The molecule has 1 aromatic heterocycles. The molecule has 0 aliphatic rings. The summed E-state index contributed by atoms with van der Waals surface area (Å²) in [5, 5.41) is 3.15. The van der Waals surface area contributed by atoms with E-state index in [0.717, 1.165) is 13.0 Å². The quantitative estimate of drug-likeness (QED) is 0.865. The van der Waals surface area contributed by atoms with Crippen molar-refractivity contribution in [2.45, 2.75) is 39.7 Å². The van der Waals surface area contributed by atoms with Gasteiger partial charge in [0.15, 0.2) is 0 Å². The van der Waals surface area contributed by atoms with Gasteiger partial charge >= 0.3 is 6.01 Å². The first kappa shape index (κ1) is 14.5. The molecule has 1 N–H and O–H groups in total. The molecule has 0 aromatic carbocycles. The lowest BCUT2D eigenvalue weighted by atomic mass is 10.2. The van der Waals surface area contributed by atoms with Crippen LogP contribution in [0.2, 0.25) is 0 Å². The average molecular weight is 253 g/mol. The molecular formula is C12H23N5O. The van der Waals surface area contributed by atoms with Crippen LogP contribution in [0.3, 0.4) is 0 Å². The number of anilines is 2. The lowest BCUT2D eigenvalue weighted by Gasteiger charge is -2.21. The topological polar surface area (TPSA) is 63.2 Å². The molecule has 0 fully saturated rings. The molecule has 0 spiro atoms. The van der Waals surface area contributed by atoms with Gasteiger partial charge < -0.3 is 15.0 Å². The Hall–Kier alpha value is -1.59. The van der Waals surface area contributed by atoms with Crippen LogP contribution in [0.5, 0.6) is 6.01 Å². The minimum Gasteiger partial charge on any atom is -0.458 e. The van der Waals surface area contributed by atoms with E-state index in [1.165, 1.54) is 0 Å². The Balaban J connectivity index is 2.98. The van der Waals surface area contributed by atoms with Gasteiger partial charge in [-0.1, -0.05) is 6.92 Å². The summed E-state index contributed by atoms with van der Waals surface area (Å²) in [5.41, 5.74) is -0.326. The molecule has 0 amide bonds. The maximum atomic E-state index is 5.68. The molecule has 6 heteroatoms. The molecule has 102 valence electrons. The number of aromatic nitrogens is 3. The molecule has 0 atom stereocenters. The number of ether oxygens (including phenoxy) is 1. The lowest BCUT2D eigenvalue weighted by Crippen LogP contribution is -2.25. The van der Waals surface area contributed by atoms with Crippen molar-refractivity contribution in [1.82, 2.24) is 15.0 Å². The highest BCUT2D eigenvalue weighted by Crippen LogP contribution is 2.17. The number of rotatable bonds is 5. The summed E-state index contributed by atoms with van der Waals surface area (Å²) in [7, 11) is 3.78. The zero-order valence-electron chi connectivity index (χ0n) is 12.1. The van der Waals surface area contributed by atoms with Crippen molar-refractivity contribution in [1.29, 1.82) is 0 Å². The summed E-state index contributed by atoms with van der Waals surface area (Å²) in [6, 6.07) is 0.347. The van der Waals surface area contributed by atoms with Gasteiger partial charge in [-0.05, 0) is 27.2 Å². The van der Waals surface area contributed by atoms with Gasteiger partial charge in [0.2, 0.25) is 11.9 Å². The van der Waals surface area contributed by atoms with E-state index in [0.29, 0.717) is 17.9 Å². The normalized spacial score (nSPS) is 11.2. The first-order valence-electron chi connectivity index (χ1n) is 6.18. The molecule has 18 heavy (non-hydrogen) atoms. The van der Waals surface area contributed by atoms with Gasteiger partial charge in [-0.25, -0.2) is 0 Å². The highest BCUT2D eigenvalue weighted by molar-refractivity contribution is 5.36. The van der Waals surface area contributed by atoms with Crippen molar-refractivity contribution in [2.24, 2.45) is 0 Å². The van der Waals surface area contributed by atoms with Crippen molar-refractivity contribution >= 4 is 11.9 Å². The lowest BCUT2D eigenvalue weighted by molar-refractivity contribution is 0.117. The number of nitrogens with one attached hydrogen (secondary N) is 1. The van der Waals surface area contributed by atoms with Gasteiger partial charge in [-0.15, -0.1) is 0 Å². The highest BCUT2D eigenvalue weighted by atomic mass is 16.5. The van der Waals surface area contributed by atoms with Gasteiger partial charge in [0.25, 0.3) is 0 Å². The van der Waals surface area contributed by atoms with Crippen LogP contribution in [0.4, 0.5) is 11.9 Å². The van der Waals surface area contributed by atoms with E-state index in [4.69, 9.17) is 4.74 Å². The van der Waals surface area contributed by atoms with E-state index >= 15 is 0 Å². The molecule has 0 aliphatic carbocycles. The van der Waals surface area contributed by atoms with E-state index in [1.54, 1.807) is 0 Å². The Morgan fingerprint density at radius 3 is 2.33 bits per heavy atom. The van der Waals surface area contributed by atoms with Gasteiger partial charge in [-0.2, -0.15) is 15.0 Å². The fraction of sp³-hybridized carbons (Fsp3) is 0.750. The maximum Gasteiger partial charge on any atom is 0.323 e. The zero-order chi connectivity index (χ0) is 13.8. The minimum atomic E-state index is -0.326. The van der Waals surface area contributed by atoms with E-state index < -0.39 is 0 Å². The Morgan fingerprint density at radius 1 is 1.17 bits per heavy atom. The number of nitrogens with zero attached hydrogens (tertiary/aromatic N) is 4. The molecule has 0 saturated heterocycles. The third kappa shape index (κ3) is 4.73. The third-order valence-electron chi connectivity index (χ3n) is 1.93. The van der Waals surface area contributed by atoms with E-state index in [-0.39, 0.29) is 5.60 Å². The molecule has 0 saturated carbocycles. The Bertz CT molecular complexity index is 387. The number of hydrogen-bond donors (Lipinski definition) is 1. The summed E-state index contributed by atoms with van der Waals surface area (Å²) >= 11 is 0. The van der Waals surface area contributed by atoms with Crippen molar-refractivity contribution < 1.29 is 4.74 Å². The van der Waals surface area contributed by atoms with Crippen LogP contribution >= 0.6 is 0 Å². The van der Waals surface area contributed by atoms with Crippen molar-refractivity contribution in [3.05, 3.63) is 0 Å². The summed E-state index contributed by atoms with van der Waals surface area (Å²) in [6.07, 6.45) is 1.01. The van der Waals surface area contributed by atoms with Crippen molar-refractivity contribution in [3.63, 3.8) is 0 Å². The zero-order valence-corrected chi connectivity index (χ0v) is 12.1.